The van der Waals surface area contributed by atoms with Gasteiger partial charge in [0.2, 0.25) is 5.91 Å². The van der Waals surface area contributed by atoms with Gasteiger partial charge in [-0.3, -0.25) is 9.69 Å². The fourth-order valence-electron chi connectivity index (χ4n) is 4.11. The lowest BCUT2D eigenvalue weighted by Gasteiger charge is -2.44. The van der Waals surface area contributed by atoms with Crippen LogP contribution in [0.1, 0.15) is 33.1 Å². The number of thioether (sulfide) groups is 1. The number of likely N-dealkylation sites (N-methyl/N-ethyl adjacent to an activating group) is 1. The molecule has 29 heavy (non-hydrogen) atoms. The van der Waals surface area contributed by atoms with E-state index in [1.165, 1.54) is 11.8 Å². The molecule has 0 aliphatic carbocycles. The van der Waals surface area contributed by atoms with Gasteiger partial charge < -0.3 is 30.8 Å². The lowest BCUT2D eigenvalue weighted by molar-refractivity contribution is -0.205. The topological polar surface area (TPSA) is 134 Å². The molecule has 2 aliphatic rings. The van der Waals surface area contributed by atoms with Gasteiger partial charge in [-0.2, -0.15) is 0 Å². The molecule has 2 fully saturated rings. The predicted molar refractivity (Wildman–Crippen MR) is 118 cm³/mol. The van der Waals surface area contributed by atoms with Crippen LogP contribution in [0.2, 0.25) is 0 Å². The summed E-state index contributed by atoms with van der Waals surface area (Å²) in [4.78, 5) is 14.9. The van der Waals surface area contributed by atoms with Gasteiger partial charge in [0.25, 0.3) is 0 Å². The number of hydrogen-bond donors (Lipinski definition) is 4. The van der Waals surface area contributed by atoms with Gasteiger partial charge in [-0.25, -0.2) is 0 Å². The molecular formula is C18H36Cl2N2O6S. The molecule has 0 saturated carbocycles. The minimum absolute atomic E-state index is 0. The molecule has 11 heteroatoms. The molecule has 0 radical (unpaired) electrons. The van der Waals surface area contributed by atoms with Crippen molar-refractivity contribution in [1.29, 1.82) is 0 Å². The molecule has 0 aromatic carbocycles. The molecule has 0 spiro atoms. The van der Waals surface area contributed by atoms with Gasteiger partial charge in [-0.05, 0) is 39.0 Å². The van der Waals surface area contributed by atoms with E-state index in [2.05, 4.69) is 12.2 Å². The number of nitrogens with one attached hydrogen (secondary N) is 1. The molecule has 0 aromatic heterocycles. The molecule has 6 N–H and O–H groups in total. The summed E-state index contributed by atoms with van der Waals surface area (Å²) >= 11 is 7.55. The Hall–Kier alpha value is 0.160. The third-order valence-corrected chi connectivity index (χ3v) is 6.76. The van der Waals surface area contributed by atoms with E-state index < -0.39 is 41.3 Å². The standard InChI is InChI=1S/C18H33ClN2O5S.ClH.H2O/c1-5-6-10-7-11(21(3)8-10)17(25)20-12(9(2)19)16-14(23)13(22)15(24)18(26-16)27-4;;/h9-16,18,22-24H,5-8H2,1-4H3,(H,20,25);1H;1H2/t9-,10+,11-,12-,13-,14-,15+,16+,18+;;/m0../s1. The van der Waals surface area contributed by atoms with E-state index in [-0.39, 0.29) is 29.8 Å². The predicted octanol–water partition coefficient (Wildman–Crippen LogP) is -0.0134. The fraction of sp³-hybridized carbons (Fsp3) is 0.944. The van der Waals surface area contributed by atoms with Crippen LogP contribution < -0.4 is 5.32 Å². The van der Waals surface area contributed by atoms with Crippen molar-refractivity contribution in [3.8, 4) is 0 Å². The summed E-state index contributed by atoms with van der Waals surface area (Å²) in [5.74, 6) is 0.350. The summed E-state index contributed by atoms with van der Waals surface area (Å²) in [6.45, 7) is 4.74. The minimum Gasteiger partial charge on any atom is -0.412 e. The third kappa shape index (κ3) is 6.82. The van der Waals surface area contributed by atoms with E-state index in [1.807, 2.05) is 11.9 Å². The van der Waals surface area contributed by atoms with Gasteiger partial charge >= 0.3 is 0 Å². The Balaban J connectivity index is 0.00000392. The number of halogens is 2. The van der Waals surface area contributed by atoms with Crippen LogP contribution in [0.5, 0.6) is 0 Å². The number of aliphatic hydroxyl groups is 3. The van der Waals surface area contributed by atoms with Crippen molar-refractivity contribution < 1.29 is 30.3 Å². The van der Waals surface area contributed by atoms with Crippen molar-refractivity contribution in [2.75, 3.05) is 19.8 Å². The number of alkyl halides is 1. The van der Waals surface area contributed by atoms with Crippen LogP contribution in [0, 0.1) is 5.92 Å². The summed E-state index contributed by atoms with van der Waals surface area (Å²) in [5, 5.41) is 33.0. The second-order valence-electron chi connectivity index (χ2n) is 7.73. The first-order valence-electron chi connectivity index (χ1n) is 9.58. The Morgan fingerprint density at radius 1 is 1.31 bits per heavy atom. The van der Waals surface area contributed by atoms with Crippen molar-refractivity contribution in [2.45, 2.75) is 80.4 Å². The number of hydrogen-bond acceptors (Lipinski definition) is 7. The second kappa shape index (κ2) is 12.9. The maximum Gasteiger partial charge on any atom is 0.237 e. The first-order chi connectivity index (χ1) is 12.7. The number of aliphatic hydroxyl groups excluding tert-OH is 3. The Morgan fingerprint density at radius 2 is 1.93 bits per heavy atom. The highest BCUT2D eigenvalue weighted by atomic mass is 35.5. The van der Waals surface area contributed by atoms with E-state index in [0.717, 1.165) is 25.8 Å². The quantitative estimate of drug-likeness (QED) is 0.378. The molecule has 174 valence electrons. The summed E-state index contributed by atoms with van der Waals surface area (Å²) in [7, 11) is 1.94. The first kappa shape index (κ1) is 29.2. The van der Waals surface area contributed by atoms with E-state index in [0.29, 0.717) is 5.92 Å². The summed E-state index contributed by atoms with van der Waals surface area (Å²) < 4.78 is 5.79. The summed E-state index contributed by atoms with van der Waals surface area (Å²) in [6, 6.07) is -0.934. The lowest BCUT2D eigenvalue weighted by atomic mass is 9.92. The smallest absolute Gasteiger partial charge is 0.237 e. The molecule has 1 amide bonds. The van der Waals surface area contributed by atoms with E-state index in [4.69, 9.17) is 16.3 Å². The van der Waals surface area contributed by atoms with Gasteiger partial charge in [-0.15, -0.1) is 35.8 Å². The molecule has 0 aromatic rings. The van der Waals surface area contributed by atoms with Gasteiger partial charge in [0.05, 0.1) is 17.5 Å². The lowest BCUT2D eigenvalue weighted by Crippen LogP contribution is -2.65. The van der Waals surface area contributed by atoms with Crippen LogP contribution >= 0.6 is 35.8 Å². The molecule has 8 nitrogen and oxygen atoms in total. The monoisotopic (exact) mass is 478 g/mol. The number of rotatable bonds is 7. The number of amides is 1. The van der Waals surface area contributed by atoms with Gasteiger partial charge in [0.1, 0.15) is 29.9 Å². The number of likely N-dealkylation sites (tertiary alicyclic amines) is 1. The first-order valence-corrected chi connectivity index (χ1v) is 11.3. The number of nitrogens with zero attached hydrogens (tertiary/aromatic N) is 1. The van der Waals surface area contributed by atoms with Gasteiger partial charge in [0, 0.05) is 6.54 Å². The molecule has 2 aliphatic heterocycles. The largest absolute Gasteiger partial charge is 0.412 e. The van der Waals surface area contributed by atoms with Crippen LogP contribution in [0.3, 0.4) is 0 Å². The van der Waals surface area contributed by atoms with E-state index >= 15 is 0 Å². The molecule has 0 unspecified atom stereocenters. The van der Waals surface area contributed by atoms with Crippen molar-refractivity contribution in [1.82, 2.24) is 10.2 Å². The highest BCUT2D eigenvalue weighted by molar-refractivity contribution is 7.99. The Labute approximate surface area is 188 Å². The van der Waals surface area contributed by atoms with Crippen LogP contribution in [0.4, 0.5) is 0 Å². The number of ether oxygens (including phenoxy) is 1. The van der Waals surface area contributed by atoms with Crippen molar-refractivity contribution >= 4 is 41.7 Å². The zero-order valence-electron chi connectivity index (χ0n) is 17.3. The molecule has 2 saturated heterocycles. The van der Waals surface area contributed by atoms with Gasteiger partial charge in [0.15, 0.2) is 0 Å². The number of carbonyl (C=O) groups is 1. The highest BCUT2D eigenvalue weighted by Crippen LogP contribution is 2.31. The SMILES string of the molecule is CCC[C@@H]1C[C@@H](C(=O)N[C@H]([C@H]2O[C@H](SC)[C@H](O)[C@@H](O)[C@@H]2O)[C@H](C)Cl)N(C)C1.Cl.O. The van der Waals surface area contributed by atoms with Crippen LogP contribution in [0.15, 0.2) is 0 Å². The molecule has 2 heterocycles. The van der Waals surface area contributed by atoms with Crippen molar-refractivity contribution in [3.05, 3.63) is 0 Å². The normalized spacial score (nSPS) is 37.2. The fourth-order valence-corrected chi connectivity index (χ4v) is 5.00. The minimum atomic E-state index is -1.36. The molecular weight excluding hydrogens is 443 g/mol. The van der Waals surface area contributed by atoms with E-state index in [1.54, 1.807) is 13.2 Å². The van der Waals surface area contributed by atoms with Gasteiger partial charge in [-0.1, -0.05) is 13.3 Å². The maximum absolute atomic E-state index is 12.9. The third-order valence-electron chi connectivity index (χ3n) is 5.63. The zero-order chi connectivity index (χ0) is 20.3. The second-order valence-corrected chi connectivity index (χ2v) is 9.36. The average Bonchev–Trinajstić information content (AvgIpc) is 2.99. The molecule has 2 rings (SSSR count). The zero-order valence-corrected chi connectivity index (χ0v) is 19.7. The van der Waals surface area contributed by atoms with Crippen LogP contribution in [0.25, 0.3) is 0 Å². The molecule has 0 bridgehead atoms. The number of carbonyl (C=O) groups excluding carboxylic acids is 1. The summed E-state index contributed by atoms with van der Waals surface area (Å²) in [6.07, 6.45) is -0.0980. The molecule has 9 atom stereocenters. The maximum atomic E-state index is 12.9. The van der Waals surface area contributed by atoms with E-state index in [9.17, 15) is 20.1 Å². The average molecular weight is 479 g/mol. The van der Waals surface area contributed by atoms with Crippen molar-refractivity contribution in [3.63, 3.8) is 0 Å². The Bertz CT molecular complexity index is 505. The van der Waals surface area contributed by atoms with Crippen molar-refractivity contribution in [2.24, 2.45) is 5.92 Å². The van der Waals surface area contributed by atoms with Crippen LogP contribution in [-0.2, 0) is 9.53 Å². The summed E-state index contributed by atoms with van der Waals surface area (Å²) in [5.41, 5.74) is -0.702. The Morgan fingerprint density at radius 3 is 2.45 bits per heavy atom. The Kier molecular flexibility index (Phi) is 13.0. The van der Waals surface area contributed by atoms with Crippen LogP contribution in [-0.4, -0.2) is 98.8 Å². The highest BCUT2D eigenvalue weighted by Gasteiger charge is 2.48.